The normalized spacial score (nSPS) is 11.4. The van der Waals surface area contributed by atoms with E-state index in [1.807, 2.05) is 29.2 Å². The van der Waals surface area contributed by atoms with Gasteiger partial charge < -0.3 is 4.90 Å². The molecule has 0 saturated heterocycles. The highest BCUT2D eigenvalue weighted by Crippen LogP contribution is 2.22. The molecule has 0 spiro atoms. The van der Waals surface area contributed by atoms with Crippen LogP contribution < -0.4 is 0 Å². The van der Waals surface area contributed by atoms with Gasteiger partial charge in [-0.3, -0.25) is 4.79 Å². The standard InChI is InChI=1S/C16H24ClNO/c1-5-11-18(12-10-17)15(19)13-6-8-14(9-7-13)16(2,3)4/h6-9H,5,10-12H2,1-4H3. The van der Waals surface area contributed by atoms with Gasteiger partial charge in [0.05, 0.1) is 0 Å². The van der Waals surface area contributed by atoms with E-state index >= 15 is 0 Å². The fraction of sp³-hybridized carbons (Fsp3) is 0.562. The van der Waals surface area contributed by atoms with Crippen molar-refractivity contribution >= 4 is 17.5 Å². The molecule has 0 heterocycles. The first-order valence-electron chi connectivity index (χ1n) is 6.86. The lowest BCUT2D eigenvalue weighted by Crippen LogP contribution is -2.33. The maximum absolute atomic E-state index is 12.4. The van der Waals surface area contributed by atoms with Gasteiger partial charge in [-0.1, -0.05) is 39.8 Å². The summed E-state index contributed by atoms with van der Waals surface area (Å²) in [6.07, 6.45) is 0.947. The quantitative estimate of drug-likeness (QED) is 0.745. The number of carbonyl (C=O) groups is 1. The Bertz CT molecular complexity index is 400. The van der Waals surface area contributed by atoms with E-state index < -0.39 is 0 Å². The van der Waals surface area contributed by atoms with Crippen molar-refractivity contribution in [2.75, 3.05) is 19.0 Å². The molecule has 0 aliphatic carbocycles. The van der Waals surface area contributed by atoms with Crippen LogP contribution in [0.15, 0.2) is 24.3 Å². The molecule has 0 saturated carbocycles. The van der Waals surface area contributed by atoms with Crippen molar-refractivity contribution in [3.63, 3.8) is 0 Å². The van der Waals surface area contributed by atoms with Crippen molar-refractivity contribution in [3.05, 3.63) is 35.4 Å². The minimum Gasteiger partial charge on any atom is -0.337 e. The van der Waals surface area contributed by atoms with Crippen LogP contribution in [-0.2, 0) is 5.41 Å². The Morgan fingerprint density at radius 1 is 1.16 bits per heavy atom. The van der Waals surface area contributed by atoms with Crippen LogP contribution in [-0.4, -0.2) is 29.8 Å². The number of carbonyl (C=O) groups excluding carboxylic acids is 1. The molecular weight excluding hydrogens is 258 g/mol. The Hall–Kier alpha value is -1.02. The van der Waals surface area contributed by atoms with E-state index in [2.05, 4.69) is 27.7 Å². The molecule has 1 rings (SSSR count). The Morgan fingerprint density at radius 3 is 2.16 bits per heavy atom. The summed E-state index contributed by atoms with van der Waals surface area (Å²) in [4.78, 5) is 14.2. The van der Waals surface area contributed by atoms with Gasteiger partial charge in [0.2, 0.25) is 0 Å². The molecule has 0 aliphatic rings. The number of hydrogen-bond donors (Lipinski definition) is 0. The molecule has 19 heavy (non-hydrogen) atoms. The topological polar surface area (TPSA) is 20.3 Å². The summed E-state index contributed by atoms with van der Waals surface area (Å²) in [5.41, 5.74) is 2.09. The average molecular weight is 282 g/mol. The highest BCUT2D eigenvalue weighted by atomic mass is 35.5. The van der Waals surface area contributed by atoms with Crippen molar-refractivity contribution in [1.29, 1.82) is 0 Å². The number of nitrogens with zero attached hydrogens (tertiary/aromatic N) is 1. The summed E-state index contributed by atoms with van der Waals surface area (Å²) >= 11 is 5.75. The van der Waals surface area contributed by atoms with Crippen molar-refractivity contribution < 1.29 is 4.79 Å². The molecule has 106 valence electrons. The molecule has 0 bridgehead atoms. The fourth-order valence-electron chi connectivity index (χ4n) is 1.98. The first kappa shape index (κ1) is 16.0. The summed E-state index contributed by atoms with van der Waals surface area (Å²) in [5.74, 6) is 0.550. The third-order valence-corrected chi connectivity index (χ3v) is 3.30. The largest absolute Gasteiger partial charge is 0.337 e. The molecule has 0 radical (unpaired) electrons. The lowest BCUT2D eigenvalue weighted by Gasteiger charge is -2.22. The fourth-order valence-corrected chi connectivity index (χ4v) is 2.19. The molecule has 3 heteroatoms. The van der Waals surface area contributed by atoms with Crippen LogP contribution in [0, 0.1) is 0 Å². The summed E-state index contributed by atoms with van der Waals surface area (Å²) in [7, 11) is 0. The van der Waals surface area contributed by atoms with Gasteiger partial charge in [-0.05, 0) is 29.5 Å². The van der Waals surface area contributed by atoms with E-state index in [1.165, 1.54) is 5.56 Å². The third kappa shape index (κ3) is 4.54. The van der Waals surface area contributed by atoms with Gasteiger partial charge in [0.1, 0.15) is 0 Å². The minimum absolute atomic E-state index is 0.0722. The number of hydrogen-bond acceptors (Lipinski definition) is 1. The molecule has 0 unspecified atom stereocenters. The van der Waals surface area contributed by atoms with Crippen molar-refractivity contribution in [1.82, 2.24) is 4.90 Å². The summed E-state index contributed by atoms with van der Waals surface area (Å²) < 4.78 is 0. The second-order valence-electron chi connectivity index (χ2n) is 5.81. The van der Waals surface area contributed by atoms with Crippen molar-refractivity contribution in [2.24, 2.45) is 0 Å². The maximum Gasteiger partial charge on any atom is 0.253 e. The predicted octanol–water partition coefficient (Wildman–Crippen LogP) is 4.08. The molecule has 2 nitrogen and oxygen atoms in total. The van der Waals surface area contributed by atoms with Gasteiger partial charge in [0.25, 0.3) is 5.91 Å². The third-order valence-electron chi connectivity index (χ3n) is 3.13. The molecule has 0 atom stereocenters. The zero-order valence-electron chi connectivity index (χ0n) is 12.4. The van der Waals surface area contributed by atoms with E-state index in [9.17, 15) is 4.79 Å². The smallest absolute Gasteiger partial charge is 0.253 e. The Balaban J connectivity index is 2.87. The second kappa shape index (κ2) is 6.95. The van der Waals surface area contributed by atoms with E-state index in [0.717, 1.165) is 18.5 Å². The SMILES string of the molecule is CCCN(CCCl)C(=O)c1ccc(C(C)(C)C)cc1. The van der Waals surface area contributed by atoms with Crippen LogP contribution >= 0.6 is 11.6 Å². The molecule has 1 aromatic carbocycles. The summed E-state index contributed by atoms with van der Waals surface area (Å²) in [6, 6.07) is 7.91. The van der Waals surface area contributed by atoms with Gasteiger partial charge in [0.15, 0.2) is 0 Å². The lowest BCUT2D eigenvalue weighted by atomic mass is 9.86. The minimum atomic E-state index is 0.0722. The Labute approximate surface area is 121 Å². The average Bonchev–Trinajstić information content (AvgIpc) is 2.37. The second-order valence-corrected chi connectivity index (χ2v) is 6.19. The highest BCUT2D eigenvalue weighted by molar-refractivity contribution is 6.18. The number of benzene rings is 1. The molecular formula is C16H24ClNO. The number of alkyl halides is 1. The lowest BCUT2D eigenvalue weighted by molar-refractivity contribution is 0.0765. The number of rotatable bonds is 5. The summed E-state index contributed by atoms with van der Waals surface area (Å²) in [5, 5.41) is 0. The van der Waals surface area contributed by atoms with E-state index in [1.54, 1.807) is 0 Å². The number of amides is 1. The summed E-state index contributed by atoms with van der Waals surface area (Å²) in [6.45, 7) is 9.93. The highest BCUT2D eigenvalue weighted by Gasteiger charge is 2.17. The molecule has 1 amide bonds. The van der Waals surface area contributed by atoms with Gasteiger partial charge in [-0.25, -0.2) is 0 Å². The number of halogens is 1. The van der Waals surface area contributed by atoms with Gasteiger partial charge >= 0.3 is 0 Å². The molecule has 0 N–H and O–H groups in total. The maximum atomic E-state index is 12.4. The van der Waals surface area contributed by atoms with Gasteiger partial charge in [0, 0.05) is 24.5 Å². The van der Waals surface area contributed by atoms with Crippen LogP contribution in [0.4, 0.5) is 0 Å². The Kier molecular flexibility index (Phi) is 5.86. The van der Waals surface area contributed by atoms with E-state index in [0.29, 0.717) is 12.4 Å². The zero-order chi connectivity index (χ0) is 14.5. The first-order valence-corrected chi connectivity index (χ1v) is 7.39. The van der Waals surface area contributed by atoms with Crippen LogP contribution in [0.3, 0.4) is 0 Å². The van der Waals surface area contributed by atoms with Crippen LogP contribution in [0.5, 0.6) is 0 Å². The van der Waals surface area contributed by atoms with E-state index in [4.69, 9.17) is 11.6 Å². The van der Waals surface area contributed by atoms with Crippen molar-refractivity contribution in [2.45, 2.75) is 39.5 Å². The van der Waals surface area contributed by atoms with Gasteiger partial charge in [-0.15, -0.1) is 11.6 Å². The monoisotopic (exact) mass is 281 g/mol. The molecule has 1 aromatic rings. The zero-order valence-corrected chi connectivity index (χ0v) is 13.1. The van der Waals surface area contributed by atoms with E-state index in [-0.39, 0.29) is 11.3 Å². The molecule has 0 aliphatic heterocycles. The van der Waals surface area contributed by atoms with Gasteiger partial charge in [-0.2, -0.15) is 0 Å². The predicted molar refractivity (Wildman–Crippen MR) is 82.1 cm³/mol. The van der Waals surface area contributed by atoms with Crippen LogP contribution in [0.25, 0.3) is 0 Å². The van der Waals surface area contributed by atoms with Crippen LogP contribution in [0.1, 0.15) is 50.0 Å². The van der Waals surface area contributed by atoms with Crippen molar-refractivity contribution in [3.8, 4) is 0 Å². The molecule has 0 fully saturated rings. The van der Waals surface area contributed by atoms with Crippen LogP contribution in [0.2, 0.25) is 0 Å². The molecule has 0 aromatic heterocycles. The first-order chi connectivity index (χ1) is 8.90. The Morgan fingerprint density at radius 2 is 1.74 bits per heavy atom.